The monoisotopic (exact) mass is 359 g/mol. The van der Waals surface area contributed by atoms with E-state index in [1.54, 1.807) is 24.3 Å². The molecular formula is C22H21N3O2. The molecule has 1 aliphatic heterocycles. The van der Waals surface area contributed by atoms with Gasteiger partial charge in [-0.2, -0.15) is 10.3 Å². The molecule has 5 nitrogen and oxygen atoms in total. The van der Waals surface area contributed by atoms with E-state index in [1.807, 2.05) is 30.3 Å². The number of nitrogens with zero attached hydrogens (tertiary/aromatic N) is 3. The quantitative estimate of drug-likeness (QED) is 0.716. The Hall–Kier alpha value is -3.26. The van der Waals surface area contributed by atoms with E-state index in [2.05, 4.69) is 29.9 Å². The first kappa shape index (κ1) is 18.5. The van der Waals surface area contributed by atoms with Crippen LogP contribution in [0.5, 0.6) is 5.75 Å². The summed E-state index contributed by atoms with van der Waals surface area (Å²) in [5.41, 5.74) is 1.69. The molecule has 1 atom stereocenters. The molecule has 1 aromatic rings. The Morgan fingerprint density at radius 2 is 2.04 bits per heavy atom. The molecular weight excluding hydrogens is 338 g/mol. The van der Waals surface area contributed by atoms with Crippen molar-refractivity contribution >= 4 is 23.5 Å². The van der Waals surface area contributed by atoms with E-state index < -0.39 is 5.92 Å². The molecule has 1 heterocycles. The number of hydrogen-bond donors (Lipinski definition) is 0. The van der Waals surface area contributed by atoms with E-state index in [0.29, 0.717) is 18.2 Å². The van der Waals surface area contributed by atoms with Crippen LogP contribution in [0.15, 0.2) is 64.1 Å². The van der Waals surface area contributed by atoms with Crippen LogP contribution in [0.2, 0.25) is 0 Å². The van der Waals surface area contributed by atoms with E-state index in [1.165, 1.54) is 0 Å². The van der Waals surface area contributed by atoms with Crippen molar-refractivity contribution < 1.29 is 9.53 Å². The largest absolute Gasteiger partial charge is 0.494 e. The Morgan fingerprint density at radius 3 is 2.74 bits per heavy atom. The van der Waals surface area contributed by atoms with Crippen molar-refractivity contribution in [3.05, 3.63) is 59.7 Å². The predicted molar refractivity (Wildman–Crippen MR) is 107 cm³/mol. The summed E-state index contributed by atoms with van der Waals surface area (Å²) in [5, 5.41) is 9.51. The SMILES string of the molecule is CC(C)CCOc1ccc(/C=C(/C#N)C2=NC(=O)C3C=CC=CC3=N2)cc1. The van der Waals surface area contributed by atoms with Gasteiger partial charge in [0.25, 0.3) is 5.91 Å². The summed E-state index contributed by atoms with van der Waals surface area (Å²) < 4.78 is 5.70. The van der Waals surface area contributed by atoms with Crippen LogP contribution in [0.3, 0.4) is 0 Å². The zero-order valence-electron chi connectivity index (χ0n) is 15.4. The minimum Gasteiger partial charge on any atom is -0.494 e. The third-order valence-electron chi connectivity index (χ3n) is 4.23. The second-order valence-corrected chi connectivity index (χ2v) is 6.80. The third-order valence-corrected chi connectivity index (χ3v) is 4.23. The van der Waals surface area contributed by atoms with Gasteiger partial charge >= 0.3 is 0 Å². The first-order chi connectivity index (χ1) is 13.1. The van der Waals surface area contributed by atoms with Crippen molar-refractivity contribution in [2.24, 2.45) is 21.8 Å². The molecule has 136 valence electrons. The highest BCUT2D eigenvalue weighted by molar-refractivity contribution is 6.26. The lowest BCUT2D eigenvalue weighted by atomic mass is 9.96. The van der Waals surface area contributed by atoms with Gasteiger partial charge in [-0.3, -0.25) is 4.79 Å². The van der Waals surface area contributed by atoms with Crippen LogP contribution in [0.1, 0.15) is 25.8 Å². The fourth-order valence-electron chi connectivity index (χ4n) is 2.68. The minimum atomic E-state index is -0.444. The van der Waals surface area contributed by atoms with Crippen LogP contribution in [0.4, 0.5) is 0 Å². The van der Waals surface area contributed by atoms with Gasteiger partial charge in [-0.1, -0.05) is 44.2 Å². The van der Waals surface area contributed by atoms with Crippen LogP contribution in [-0.4, -0.2) is 24.1 Å². The maximum Gasteiger partial charge on any atom is 0.260 e. The molecule has 0 N–H and O–H groups in total. The van der Waals surface area contributed by atoms with Gasteiger partial charge in [0.05, 0.1) is 17.9 Å². The molecule has 1 amide bonds. The van der Waals surface area contributed by atoms with Crippen LogP contribution in [0.25, 0.3) is 6.08 Å². The summed E-state index contributed by atoms with van der Waals surface area (Å²) in [6, 6.07) is 9.56. The zero-order chi connectivity index (χ0) is 19.2. The molecule has 0 saturated heterocycles. The third kappa shape index (κ3) is 4.68. The normalized spacial score (nSPS) is 18.7. The van der Waals surface area contributed by atoms with Gasteiger partial charge in [-0.25, -0.2) is 4.99 Å². The molecule has 0 fully saturated rings. The average molecular weight is 359 g/mol. The molecule has 0 bridgehead atoms. The molecule has 3 rings (SSSR count). The lowest BCUT2D eigenvalue weighted by Crippen LogP contribution is -2.27. The number of rotatable bonds is 6. The summed E-state index contributed by atoms with van der Waals surface area (Å²) in [7, 11) is 0. The Kier molecular flexibility index (Phi) is 5.77. The van der Waals surface area contributed by atoms with Crippen LogP contribution < -0.4 is 4.74 Å². The molecule has 0 saturated carbocycles. The van der Waals surface area contributed by atoms with Crippen molar-refractivity contribution in [3.8, 4) is 11.8 Å². The van der Waals surface area contributed by atoms with Crippen LogP contribution >= 0.6 is 0 Å². The number of hydrogen-bond acceptors (Lipinski definition) is 4. The van der Waals surface area contributed by atoms with Gasteiger partial charge in [0, 0.05) is 0 Å². The molecule has 1 unspecified atom stereocenters. The van der Waals surface area contributed by atoms with Gasteiger partial charge in [0.2, 0.25) is 0 Å². The maximum atomic E-state index is 12.2. The number of ether oxygens (including phenoxy) is 1. The second kappa shape index (κ2) is 8.41. The van der Waals surface area contributed by atoms with E-state index >= 15 is 0 Å². The smallest absolute Gasteiger partial charge is 0.260 e. The second-order valence-electron chi connectivity index (χ2n) is 6.80. The summed E-state index contributed by atoms with van der Waals surface area (Å²) in [5.74, 6) is 0.802. The summed E-state index contributed by atoms with van der Waals surface area (Å²) >= 11 is 0. The molecule has 2 aliphatic rings. The number of amides is 1. The lowest BCUT2D eigenvalue weighted by molar-refractivity contribution is -0.118. The summed E-state index contributed by atoms with van der Waals surface area (Å²) in [4.78, 5) is 20.6. The van der Waals surface area contributed by atoms with E-state index in [4.69, 9.17) is 4.74 Å². The number of carbonyl (C=O) groups is 1. The van der Waals surface area contributed by atoms with Crippen molar-refractivity contribution in [1.82, 2.24) is 0 Å². The number of amidine groups is 1. The minimum absolute atomic E-state index is 0.158. The van der Waals surface area contributed by atoms with Crippen molar-refractivity contribution in [2.75, 3.05) is 6.61 Å². The van der Waals surface area contributed by atoms with E-state index in [-0.39, 0.29) is 17.3 Å². The topological polar surface area (TPSA) is 74.8 Å². The van der Waals surface area contributed by atoms with Crippen molar-refractivity contribution in [2.45, 2.75) is 20.3 Å². The van der Waals surface area contributed by atoms with Crippen molar-refractivity contribution in [1.29, 1.82) is 5.26 Å². The summed E-state index contributed by atoms with van der Waals surface area (Å²) in [6.07, 6.45) is 9.83. The maximum absolute atomic E-state index is 12.2. The Labute approximate surface area is 159 Å². The summed E-state index contributed by atoms with van der Waals surface area (Å²) in [6.45, 7) is 4.99. The average Bonchev–Trinajstić information content (AvgIpc) is 2.67. The van der Waals surface area contributed by atoms with E-state index in [9.17, 15) is 10.1 Å². The number of carbonyl (C=O) groups excluding carboxylic acids is 1. The van der Waals surface area contributed by atoms with Gasteiger partial charge in [0.15, 0.2) is 5.84 Å². The first-order valence-electron chi connectivity index (χ1n) is 8.98. The van der Waals surface area contributed by atoms with E-state index in [0.717, 1.165) is 17.7 Å². The van der Waals surface area contributed by atoms with Crippen molar-refractivity contribution in [3.63, 3.8) is 0 Å². The number of allylic oxidation sites excluding steroid dienone is 3. The van der Waals surface area contributed by atoms with Gasteiger partial charge in [-0.15, -0.1) is 0 Å². The fraction of sp³-hybridized carbons (Fsp3) is 0.273. The molecule has 0 spiro atoms. The highest BCUT2D eigenvalue weighted by Gasteiger charge is 2.27. The molecule has 1 aliphatic carbocycles. The first-order valence-corrected chi connectivity index (χ1v) is 8.98. The zero-order valence-corrected chi connectivity index (χ0v) is 15.4. The number of nitriles is 1. The number of benzene rings is 1. The number of aliphatic imine (C=N–C) groups is 2. The highest BCUT2D eigenvalue weighted by Crippen LogP contribution is 2.20. The van der Waals surface area contributed by atoms with Crippen LogP contribution in [0, 0.1) is 23.2 Å². The number of fused-ring (bicyclic) bond motifs is 1. The Bertz CT molecular complexity index is 910. The molecule has 0 aromatic heterocycles. The molecule has 5 heteroatoms. The van der Waals surface area contributed by atoms with Gasteiger partial charge in [0.1, 0.15) is 17.7 Å². The Balaban J connectivity index is 1.76. The highest BCUT2D eigenvalue weighted by atomic mass is 16.5. The molecule has 1 aromatic carbocycles. The molecule has 0 radical (unpaired) electrons. The standard InChI is InChI=1S/C22H21N3O2/c1-15(2)11-12-27-18-9-7-16(8-10-18)13-17(14-23)21-24-20-6-4-3-5-19(20)22(26)25-21/h3-10,13,15,19H,11-12H2,1-2H3/b17-13-. The van der Waals surface area contributed by atoms with Gasteiger partial charge in [-0.05, 0) is 42.2 Å². The molecule has 27 heavy (non-hydrogen) atoms. The lowest BCUT2D eigenvalue weighted by Gasteiger charge is -2.17. The van der Waals surface area contributed by atoms with Gasteiger partial charge < -0.3 is 4.74 Å². The predicted octanol–water partition coefficient (Wildman–Crippen LogP) is 4.14. The van der Waals surface area contributed by atoms with Crippen LogP contribution in [-0.2, 0) is 4.79 Å². The Morgan fingerprint density at radius 1 is 1.26 bits per heavy atom. The fourth-order valence-corrected chi connectivity index (χ4v) is 2.68.